The number of nitrogens with zero attached hydrogens (tertiary/aromatic N) is 2. The molecule has 2 rings (SSSR count). The van der Waals surface area contributed by atoms with Crippen molar-refractivity contribution in [1.29, 1.82) is 0 Å². The predicted octanol–water partition coefficient (Wildman–Crippen LogP) is 4.16. The molecule has 1 aromatic carbocycles. The maximum atomic E-state index is 11.0. The van der Waals surface area contributed by atoms with Gasteiger partial charge in [-0.1, -0.05) is 29.8 Å². The summed E-state index contributed by atoms with van der Waals surface area (Å²) in [5, 5.41) is 9.03. The van der Waals surface area contributed by atoms with Gasteiger partial charge in [0, 0.05) is 10.2 Å². The minimum atomic E-state index is -1.11. The Morgan fingerprint density at radius 1 is 1.29 bits per heavy atom. The number of aryl methyl sites for hydroxylation is 1. The lowest BCUT2D eigenvalue weighted by molar-refractivity contribution is 0.0689. The predicted molar refractivity (Wildman–Crippen MR) is 82.0 cm³/mol. The first-order valence-electron chi connectivity index (χ1n) is 6.43. The molecule has 21 heavy (non-hydrogen) atoms. The van der Waals surface area contributed by atoms with Crippen molar-refractivity contribution in [2.24, 2.45) is 0 Å². The van der Waals surface area contributed by atoms with Crippen LogP contribution in [0.15, 0.2) is 28.7 Å². The van der Waals surface area contributed by atoms with Gasteiger partial charge in [-0.25, -0.2) is 9.78 Å². The van der Waals surface area contributed by atoms with Gasteiger partial charge in [0.05, 0.1) is 0 Å². The van der Waals surface area contributed by atoms with E-state index < -0.39 is 5.97 Å². The molecule has 0 amide bonds. The number of aromatic carboxylic acids is 1. The molecule has 2 aromatic rings. The summed E-state index contributed by atoms with van der Waals surface area (Å²) in [6, 6.07) is 7.07. The monoisotopic (exact) mass is 350 g/mol. The van der Waals surface area contributed by atoms with Gasteiger partial charge >= 0.3 is 12.0 Å². The Kier molecular flexibility index (Phi) is 4.57. The number of halogens is 1. The van der Waals surface area contributed by atoms with E-state index in [2.05, 4.69) is 39.7 Å². The molecule has 0 aliphatic rings. The molecule has 5 nitrogen and oxygen atoms in total. The molecule has 0 aliphatic carbocycles. The molecule has 1 heterocycles. The second kappa shape index (κ2) is 6.22. The maximum absolute atomic E-state index is 11.0. The fraction of sp³-hybridized carbons (Fsp3) is 0.267. The van der Waals surface area contributed by atoms with E-state index in [1.54, 1.807) is 6.92 Å². The zero-order valence-electron chi connectivity index (χ0n) is 11.9. The molecule has 0 radical (unpaired) electrons. The molecule has 0 bridgehead atoms. The van der Waals surface area contributed by atoms with Crippen LogP contribution in [0.5, 0.6) is 11.8 Å². The number of rotatable bonds is 4. The molecule has 6 heteroatoms. The number of hydrogen-bond donors (Lipinski definition) is 1. The van der Waals surface area contributed by atoms with Crippen LogP contribution >= 0.6 is 15.9 Å². The SMILES string of the molecule is Cc1cc(C(=O)O)nc(Oc2ccc(Br)cc2C(C)C)n1. The van der Waals surface area contributed by atoms with Gasteiger partial charge in [-0.15, -0.1) is 0 Å². The minimum absolute atomic E-state index is 0.0385. The van der Waals surface area contributed by atoms with Gasteiger partial charge in [0.2, 0.25) is 0 Å². The summed E-state index contributed by atoms with van der Waals surface area (Å²) in [6.45, 7) is 5.80. The Morgan fingerprint density at radius 3 is 2.62 bits per heavy atom. The summed E-state index contributed by atoms with van der Waals surface area (Å²) < 4.78 is 6.64. The number of aromatic nitrogens is 2. The molecule has 1 N–H and O–H groups in total. The highest BCUT2D eigenvalue weighted by Gasteiger charge is 2.14. The maximum Gasteiger partial charge on any atom is 0.354 e. The van der Waals surface area contributed by atoms with E-state index in [0.29, 0.717) is 11.4 Å². The summed E-state index contributed by atoms with van der Waals surface area (Å²) in [4.78, 5) is 19.1. The number of ether oxygens (including phenoxy) is 1. The highest BCUT2D eigenvalue weighted by Crippen LogP contribution is 2.31. The van der Waals surface area contributed by atoms with Crippen molar-refractivity contribution < 1.29 is 14.6 Å². The first kappa shape index (κ1) is 15.4. The van der Waals surface area contributed by atoms with Crippen LogP contribution in [0.3, 0.4) is 0 Å². The lowest BCUT2D eigenvalue weighted by Crippen LogP contribution is -2.05. The Balaban J connectivity index is 2.40. The van der Waals surface area contributed by atoms with Gasteiger partial charge in [-0.05, 0) is 42.7 Å². The van der Waals surface area contributed by atoms with Crippen molar-refractivity contribution in [2.75, 3.05) is 0 Å². The third-order valence-corrected chi connectivity index (χ3v) is 3.34. The summed E-state index contributed by atoms with van der Waals surface area (Å²) in [6.07, 6.45) is 0. The van der Waals surface area contributed by atoms with Crippen LogP contribution in [-0.2, 0) is 0 Å². The van der Waals surface area contributed by atoms with Crippen molar-refractivity contribution in [3.05, 3.63) is 45.7 Å². The van der Waals surface area contributed by atoms with Gasteiger partial charge in [0.15, 0.2) is 5.69 Å². The van der Waals surface area contributed by atoms with E-state index in [0.717, 1.165) is 10.0 Å². The van der Waals surface area contributed by atoms with Crippen LogP contribution in [0.1, 0.15) is 41.5 Å². The molecule has 0 fully saturated rings. The van der Waals surface area contributed by atoms with Crippen LogP contribution in [0.25, 0.3) is 0 Å². The van der Waals surface area contributed by atoms with Gasteiger partial charge in [0.1, 0.15) is 5.75 Å². The molecule has 110 valence electrons. The van der Waals surface area contributed by atoms with E-state index in [-0.39, 0.29) is 17.6 Å². The zero-order chi connectivity index (χ0) is 15.6. The van der Waals surface area contributed by atoms with Gasteiger partial charge in [0.25, 0.3) is 0 Å². The molecule has 0 spiro atoms. The molecule has 0 aliphatic heterocycles. The average molecular weight is 351 g/mol. The van der Waals surface area contributed by atoms with Crippen LogP contribution in [0.2, 0.25) is 0 Å². The van der Waals surface area contributed by atoms with Crippen molar-refractivity contribution in [3.63, 3.8) is 0 Å². The molecule has 0 unspecified atom stereocenters. The standard InChI is InChI=1S/C15H15BrN2O3/c1-8(2)11-7-10(16)4-5-13(11)21-15-17-9(3)6-12(18-15)14(19)20/h4-8H,1-3H3,(H,19,20). The molecular formula is C15H15BrN2O3. The van der Waals surface area contributed by atoms with Crippen LogP contribution in [0.4, 0.5) is 0 Å². The second-order valence-electron chi connectivity index (χ2n) is 4.92. The number of hydrogen-bond acceptors (Lipinski definition) is 4. The van der Waals surface area contributed by atoms with E-state index in [1.807, 2.05) is 18.2 Å². The van der Waals surface area contributed by atoms with Crippen LogP contribution in [-0.4, -0.2) is 21.0 Å². The van der Waals surface area contributed by atoms with Crippen molar-refractivity contribution in [3.8, 4) is 11.8 Å². The Bertz CT molecular complexity index is 687. The lowest BCUT2D eigenvalue weighted by Gasteiger charge is -2.13. The van der Waals surface area contributed by atoms with Crippen LogP contribution < -0.4 is 4.74 Å². The Hall–Kier alpha value is -1.95. The summed E-state index contributed by atoms with van der Waals surface area (Å²) in [5.41, 5.74) is 1.45. The molecule has 0 saturated carbocycles. The lowest BCUT2D eigenvalue weighted by atomic mass is 10.0. The first-order valence-corrected chi connectivity index (χ1v) is 7.22. The van der Waals surface area contributed by atoms with E-state index in [4.69, 9.17) is 9.84 Å². The fourth-order valence-corrected chi connectivity index (χ4v) is 2.24. The number of carbonyl (C=O) groups is 1. The quantitative estimate of drug-likeness (QED) is 0.895. The zero-order valence-corrected chi connectivity index (χ0v) is 13.5. The number of carboxylic acid groups (broad SMARTS) is 1. The topological polar surface area (TPSA) is 72.3 Å². The largest absolute Gasteiger partial charge is 0.477 e. The Labute approximate surface area is 131 Å². The fourth-order valence-electron chi connectivity index (χ4n) is 1.86. The number of benzene rings is 1. The third kappa shape index (κ3) is 3.78. The third-order valence-electron chi connectivity index (χ3n) is 2.85. The van der Waals surface area contributed by atoms with Crippen molar-refractivity contribution in [2.45, 2.75) is 26.7 Å². The van der Waals surface area contributed by atoms with Crippen molar-refractivity contribution >= 4 is 21.9 Å². The van der Waals surface area contributed by atoms with E-state index in [9.17, 15) is 4.79 Å². The van der Waals surface area contributed by atoms with E-state index >= 15 is 0 Å². The minimum Gasteiger partial charge on any atom is -0.477 e. The Morgan fingerprint density at radius 2 is 2.00 bits per heavy atom. The highest BCUT2D eigenvalue weighted by atomic mass is 79.9. The number of carboxylic acids is 1. The molecular weight excluding hydrogens is 336 g/mol. The van der Waals surface area contributed by atoms with Gasteiger partial charge < -0.3 is 9.84 Å². The molecule has 0 atom stereocenters. The van der Waals surface area contributed by atoms with Gasteiger partial charge in [-0.2, -0.15) is 4.98 Å². The van der Waals surface area contributed by atoms with Crippen LogP contribution in [0, 0.1) is 6.92 Å². The summed E-state index contributed by atoms with van der Waals surface area (Å²) in [7, 11) is 0. The molecule has 0 saturated heterocycles. The summed E-state index contributed by atoms with van der Waals surface area (Å²) >= 11 is 3.43. The first-order chi connectivity index (χ1) is 9.86. The molecule has 1 aromatic heterocycles. The smallest absolute Gasteiger partial charge is 0.354 e. The normalized spacial score (nSPS) is 10.7. The summed E-state index contributed by atoms with van der Waals surface area (Å²) in [5.74, 6) is -0.235. The second-order valence-corrected chi connectivity index (χ2v) is 5.84. The highest BCUT2D eigenvalue weighted by molar-refractivity contribution is 9.10. The van der Waals surface area contributed by atoms with E-state index in [1.165, 1.54) is 6.07 Å². The van der Waals surface area contributed by atoms with Gasteiger partial charge in [-0.3, -0.25) is 0 Å². The van der Waals surface area contributed by atoms with Crippen molar-refractivity contribution in [1.82, 2.24) is 9.97 Å². The average Bonchev–Trinajstić information content (AvgIpc) is 2.40.